The SMILES string of the molecule is CCCCN(CC)c1cc(C)c(F)cc1C(C)NCC. The van der Waals surface area contributed by atoms with Crippen LogP contribution in [0.2, 0.25) is 0 Å². The summed E-state index contributed by atoms with van der Waals surface area (Å²) < 4.78 is 13.9. The van der Waals surface area contributed by atoms with Crippen LogP contribution in [0.15, 0.2) is 12.1 Å². The van der Waals surface area contributed by atoms with Gasteiger partial charge in [-0.05, 0) is 57.0 Å². The average Bonchev–Trinajstić information content (AvgIpc) is 2.43. The first-order valence-corrected chi connectivity index (χ1v) is 7.83. The van der Waals surface area contributed by atoms with Crippen LogP contribution >= 0.6 is 0 Å². The van der Waals surface area contributed by atoms with Crippen LogP contribution in [-0.4, -0.2) is 19.6 Å². The van der Waals surface area contributed by atoms with Gasteiger partial charge in [-0.2, -0.15) is 0 Å². The van der Waals surface area contributed by atoms with Crippen LogP contribution < -0.4 is 10.2 Å². The molecule has 1 unspecified atom stereocenters. The van der Waals surface area contributed by atoms with Crippen molar-refractivity contribution in [3.05, 3.63) is 29.1 Å². The summed E-state index contributed by atoms with van der Waals surface area (Å²) in [5.41, 5.74) is 2.96. The van der Waals surface area contributed by atoms with E-state index in [2.05, 4.69) is 37.9 Å². The third-order valence-electron chi connectivity index (χ3n) is 3.79. The zero-order valence-corrected chi connectivity index (χ0v) is 13.6. The van der Waals surface area contributed by atoms with Gasteiger partial charge in [0, 0.05) is 24.8 Å². The average molecular weight is 280 g/mol. The number of nitrogens with zero attached hydrogens (tertiary/aromatic N) is 1. The van der Waals surface area contributed by atoms with Crippen molar-refractivity contribution >= 4 is 5.69 Å². The topological polar surface area (TPSA) is 15.3 Å². The minimum atomic E-state index is -0.111. The first-order valence-electron chi connectivity index (χ1n) is 7.83. The maximum Gasteiger partial charge on any atom is 0.126 e. The molecule has 2 nitrogen and oxygen atoms in total. The quantitative estimate of drug-likeness (QED) is 0.757. The first kappa shape index (κ1) is 17.0. The van der Waals surface area contributed by atoms with Crippen LogP contribution in [0.1, 0.15) is 57.7 Å². The molecule has 0 fully saturated rings. The minimum Gasteiger partial charge on any atom is -0.372 e. The molecule has 0 heterocycles. The highest BCUT2D eigenvalue weighted by molar-refractivity contribution is 5.57. The van der Waals surface area contributed by atoms with Crippen LogP contribution in [0.25, 0.3) is 0 Å². The van der Waals surface area contributed by atoms with Crippen molar-refractivity contribution < 1.29 is 4.39 Å². The van der Waals surface area contributed by atoms with Crippen LogP contribution in [0.3, 0.4) is 0 Å². The molecular formula is C17H29FN2. The molecule has 0 aliphatic carbocycles. The van der Waals surface area contributed by atoms with E-state index in [1.807, 2.05) is 13.0 Å². The fourth-order valence-corrected chi connectivity index (χ4v) is 2.52. The third-order valence-corrected chi connectivity index (χ3v) is 3.79. The number of aryl methyl sites for hydroxylation is 1. The van der Waals surface area contributed by atoms with Crippen molar-refractivity contribution in [1.82, 2.24) is 5.32 Å². The van der Waals surface area contributed by atoms with Gasteiger partial charge in [0.15, 0.2) is 0 Å². The zero-order chi connectivity index (χ0) is 15.1. The normalized spacial score (nSPS) is 12.5. The Balaban J connectivity index is 3.16. The summed E-state index contributed by atoms with van der Waals surface area (Å²) in [7, 11) is 0. The fraction of sp³-hybridized carbons (Fsp3) is 0.647. The second-order valence-electron chi connectivity index (χ2n) is 5.37. The second kappa shape index (κ2) is 8.25. The first-order chi connectivity index (χ1) is 9.54. The molecule has 0 aliphatic rings. The molecule has 0 spiro atoms. The maximum absolute atomic E-state index is 13.9. The lowest BCUT2D eigenvalue weighted by molar-refractivity contribution is 0.576. The molecule has 1 aromatic carbocycles. The lowest BCUT2D eigenvalue weighted by Crippen LogP contribution is -2.28. The van der Waals surface area contributed by atoms with Crippen LogP contribution in [0, 0.1) is 12.7 Å². The molecular weight excluding hydrogens is 251 g/mol. The molecule has 0 bridgehead atoms. The molecule has 1 rings (SSSR count). The molecule has 0 saturated carbocycles. The predicted molar refractivity (Wildman–Crippen MR) is 86.0 cm³/mol. The Kier molecular flexibility index (Phi) is 7.00. The Hall–Kier alpha value is -1.09. The van der Waals surface area contributed by atoms with E-state index in [0.717, 1.165) is 30.8 Å². The summed E-state index contributed by atoms with van der Waals surface area (Å²) >= 11 is 0. The molecule has 0 amide bonds. The molecule has 1 aromatic rings. The summed E-state index contributed by atoms with van der Waals surface area (Å²) in [6, 6.07) is 3.87. The van der Waals surface area contributed by atoms with Gasteiger partial charge in [-0.25, -0.2) is 4.39 Å². The summed E-state index contributed by atoms with van der Waals surface area (Å²) in [4.78, 5) is 2.36. The van der Waals surface area contributed by atoms with Crippen molar-refractivity contribution in [1.29, 1.82) is 0 Å². The molecule has 0 aromatic heterocycles. The van der Waals surface area contributed by atoms with Crippen LogP contribution in [0.4, 0.5) is 10.1 Å². The van der Waals surface area contributed by atoms with Gasteiger partial charge in [-0.3, -0.25) is 0 Å². The largest absolute Gasteiger partial charge is 0.372 e. The number of nitrogens with one attached hydrogen (secondary N) is 1. The molecule has 20 heavy (non-hydrogen) atoms. The summed E-state index contributed by atoms with van der Waals surface area (Å²) in [5, 5.41) is 3.39. The van der Waals surface area contributed by atoms with Crippen LogP contribution in [0.5, 0.6) is 0 Å². The molecule has 0 radical (unpaired) electrons. The number of hydrogen-bond acceptors (Lipinski definition) is 2. The second-order valence-corrected chi connectivity index (χ2v) is 5.37. The molecule has 3 heteroatoms. The number of unbranched alkanes of at least 4 members (excludes halogenated alkanes) is 1. The Morgan fingerprint density at radius 3 is 2.50 bits per heavy atom. The van der Waals surface area contributed by atoms with Crippen molar-refractivity contribution in [3.8, 4) is 0 Å². The van der Waals surface area contributed by atoms with E-state index in [0.29, 0.717) is 0 Å². The van der Waals surface area contributed by atoms with Gasteiger partial charge in [-0.1, -0.05) is 20.3 Å². The fourth-order valence-electron chi connectivity index (χ4n) is 2.52. The lowest BCUT2D eigenvalue weighted by Gasteiger charge is -2.28. The molecule has 114 valence electrons. The van der Waals surface area contributed by atoms with E-state index in [1.165, 1.54) is 18.5 Å². The smallest absolute Gasteiger partial charge is 0.126 e. The maximum atomic E-state index is 13.9. The van der Waals surface area contributed by atoms with E-state index in [1.54, 1.807) is 6.07 Å². The lowest BCUT2D eigenvalue weighted by atomic mass is 10.0. The number of halogens is 1. The Bertz CT molecular complexity index is 418. The third kappa shape index (κ3) is 4.20. The number of anilines is 1. The van der Waals surface area contributed by atoms with Crippen molar-refractivity contribution in [2.24, 2.45) is 0 Å². The molecule has 1 N–H and O–H groups in total. The zero-order valence-electron chi connectivity index (χ0n) is 13.6. The van der Waals surface area contributed by atoms with Gasteiger partial charge < -0.3 is 10.2 Å². The van der Waals surface area contributed by atoms with E-state index < -0.39 is 0 Å². The minimum absolute atomic E-state index is 0.111. The van der Waals surface area contributed by atoms with Crippen molar-refractivity contribution in [2.45, 2.75) is 53.5 Å². The highest BCUT2D eigenvalue weighted by atomic mass is 19.1. The van der Waals surface area contributed by atoms with E-state index in [9.17, 15) is 4.39 Å². The Morgan fingerprint density at radius 2 is 1.95 bits per heavy atom. The highest BCUT2D eigenvalue weighted by Crippen LogP contribution is 2.29. The summed E-state index contributed by atoms with van der Waals surface area (Å²) in [6.07, 6.45) is 2.34. The molecule has 1 atom stereocenters. The summed E-state index contributed by atoms with van der Waals surface area (Å²) in [5.74, 6) is -0.111. The monoisotopic (exact) mass is 280 g/mol. The highest BCUT2D eigenvalue weighted by Gasteiger charge is 2.16. The number of hydrogen-bond donors (Lipinski definition) is 1. The molecule has 0 saturated heterocycles. The van der Waals surface area contributed by atoms with Crippen LogP contribution in [-0.2, 0) is 0 Å². The van der Waals surface area contributed by atoms with E-state index in [-0.39, 0.29) is 11.9 Å². The van der Waals surface area contributed by atoms with Crippen molar-refractivity contribution in [3.63, 3.8) is 0 Å². The number of benzene rings is 1. The van der Waals surface area contributed by atoms with Gasteiger partial charge in [-0.15, -0.1) is 0 Å². The van der Waals surface area contributed by atoms with Gasteiger partial charge in [0.25, 0.3) is 0 Å². The van der Waals surface area contributed by atoms with E-state index in [4.69, 9.17) is 0 Å². The van der Waals surface area contributed by atoms with Gasteiger partial charge in [0.2, 0.25) is 0 Å². The van der Waals surface area contributed by atoms with Crippen molar-refractivity contribution in [2.75, 3.05) is 24.5 Å². The molecule has 0 aliphatic heterocycles. The standard InChI is InChI=1S/C17H29FN2/c1-6-9-10-20(8-3)17-11-13(4)16(18)12-15(17)14(5)19-7-2/h11-12,14,19H,6-10H2,1-5H3. The van der Waals surface area contributed by atoms with Gasteiger partial charge >= 0.3 is 0 Å². The summed E-state index contributed by atoms with van der Waals surface area (Å²) in [6.45, 7) is 13.3. The van der Waals surface area contributed by atoms with E-state index >= 15 is 0 Å². The van der Waals surface area contributed by atoms with Gasteiger partial charge in [0.05, 0.1) is 0 Å². The Labute approximate surface area is 123 Å². The Morgan fingerprint density at radius 1 is 1.25 bits per heavy atom. The predicted octanol–water partition coefficient (Wildman–Crippen LogP) is 4.43. The number of rotatable bonds is 8. The van der Waals surface area contributed by atoms with Gasteiger partial charge in [0.1, 0.15) is 5.82 Å².